The van der Waals surface area contributed by atoms with Crippen molar-refractivity contribution in [2.24, 2.45) is 5.92 Å². The van der Waals surface area contributed by atoms with Gasteiger partial charge in [0.05, 0.1) is 6.67 Å². The minimum atomic E-state index is -0.182. The second kappa shape index (κ2) is 5.49. The fraction of sp³-hybridized carbons (Fsp3) is 1.00. The second-order valence-corrected chi connectivity index (χ2v) is 3.51. The molecule has 1 atom stereocenters. The molecule has 1 fully saturated rings. The van der Waals surface area contributed by atoms with Gasteiger partial charge in [0.2, 0.25) is 0 Å². The van der Waals surface area contributed by atoms with Crippen LogP contribution >= 0.6 is 0 Å². The van der Waals surface area contributed by atoms with Crippen LogP contribution in [0.1, 0.15) is 19.3 Å². The summed E-state index contributed by atoms with van der Waals surface area (Å²) >= 11 is 0. The summed E-state index contributed by atoms with van der Waals surface area (Å²) in [7, 11) is 0. The molecule has 0 amide bonds. The van der Waals surface area contributed by atoms with E-state index in [1.807, 2.05) is 0 Å². The maximum atomic E-state index is 12.0. The Bertz CT molecular complexity index is 121. The predicted molar refractivity (Wildman–Crippen MR) is 46.8 cm³/mol. The first kappa shape index (κ1) is 9.93. The fourth-order valence-electron chi connectivity index (χ4n) is 1.80. The first-order valence-corrected chi connectivity index (χ1v) is 4.76. The van der Waals surface area contributed by atoms with E-state index in [2.05, 4.69) is 4.90 Å². The molecule has 0 aromatic rings. The molecule has 1 N–H and O–H groups in total. The average molecular weight is 175 g/mol. The molecule has 3 heteroatoms. The predicted octanol–water partition coefficient (Wildman–Crippen LogP) is 1.05. The van der Waals surface area contributed by atoms with Gasteiger partial charge >= 0.3 is 0 Å². The average Bonchev–Trinajstić information content (AvgIpc) is 2.50. The first-order valence-electron chi connectivity index (χ1n) is 4.76. The monoisotopic (exact) mass is 175 g/mol. The molecular formula is C9H18FNO. The lowest BCUT2D eigenvalue weighted by Crippen LogP contribution is -2.22. The Balaban J connectivity index is 2.08. The number of alkyl halides is 1. The van der Waals surface area contributed by atoms with Crippen LogP contribution in [0.4, 0.5) is 4.39 Å². The number of aliphatic hydroxyl groups is 1. The van der Waals surface area contributed by atoms with Crippen LogP contribution in [0.15, 0.2) is 0 Å². The summed E-state index contributed by atoms with van der Waals surface area (Å²) < 4.78 is 12.0. The lowest BCUT2D eigenvalue weighted by Gasteiger charge is -2.14. The zero-order chi connectivity index (χ0) is 8.81. The van der Waals surface area contributed by atoms with Crippen molar-refractivity contribution >= 4 is 0 Å². The number of rotatable bonds is 5. The molecule has 0 aromatic heterocycles. The third kappa shape index (κ3) is 3.07. The minimum Gasteiger partial charge on any atom is -0.396 e. The van der Waals surface area contributed by atoms with Crippen LogP contribution in [0, 0.1) is 5.92 Å². The Labute approximate surface area is 73.4 Å². The zero-order valence-electron chi connectivity index (χ0n) is 7.51. The minimum absolute atomic E-state index is 0.182. The van der Waals surface area contributed by atoms with Crippen LogP contribution in [0.5, 0.6) is 0 Å². The van der Waals surface area contributed by atoms with Crippen molar-refractivity contribution in [3.05, 3.63) is 0 Å². The van der Waals surface area contributed by atoms with Gasteiger partial charge in [-0.05, 0) is 31.7 Å². The fourth-order valence-corrected chi connectivity index (χ4v) is 1.80. The smallest absolute Gasteiger partial charge is 0.0897 e. The molecular weight excluding hydrogens is 157 g/mol. The Morgan fingerprint density at radius 3 is 3.00 bits per heavy atom. The van der Waals surface area contributed by atoms with Gasteiger partial charge in [-0.2, -0.15) is 0 Å². The molecule has 1 saturated heterocycles. The van der Waals surface area contributed by atoms with Gasteiger partial charge in [-0.3, -0.25) is 4.39 Å². The van der Waals surface area contributed by atoms with Crippen molar-refractivity contribution < 1.29 is 9.50 Å². The summed E-state index contributed by atoms with van der Waals surface area (Å²) in [6.45, 7) is 3.18. The van der Waals surface area contributed by atoms with Crippen LogP contribution in [0.3, 0.4) is 0 Å². The molecule has 0 saturated carbocycles. The maximum Gasteiger partial charge on any atom is 0.0897 e. The van der Waals surface area contributed by atoms with E-state index in [1.54, 1.807) is 0 Å². The number of hydrogen-bond donors (Lipinski definition) is 1. The van der Waals surface area contributed by atoms with Crippen molar-refractivity contribution in [3.63, 3.8) is 0 Å². The van der Waals surface area contributed by atoms with Gasteiger partial charge in [-0.25, -0.2) is 0 Å². The molecule has 1 aliphatic heterocycles. The number of halogens is 1. The molecule has 72 valence electrons. The van der Waals surface area contributed by atoms with Crippen LogP contribution in [0.25, 0.3) is 0 Å². The lowest BCUT2D eigenvalue weighted by atomic mass is 10.1. The quantitative estimate of drug-likeness (QED) is 0.675. The third-order valence-electron chi connectivity index (χ3n) is 2.52. The van der Waals surface area contributed by atoms with Crippen molar-refractivity contribution in [1.82, 2.24) is 4.90 Å². The SMILES string of the molecule is OCCCN1CCC(CCF)C1. The highest BCUT2D eigenvalue weighted by Gasteiger charge is 2.20. The largest absolute Gasteiger partial charge is 0.396 e. The van der Waals surface area contributed by atoms with Gasteiger partial charge < -0.3 is 10.0 Å². The van der Waals surface area contributed by atoms with E-state index in [-0.39, 0.29) is 13.3 Å². The topological polar surface area (TPSA) is 23.5 Å². The first-order chi connectivity index (χ1) is 5.86. The van der Waals surface area contributed by atoms with Crippen LogP contribution in [-0.4, -0.2) is 42.9 Å². The molecule has 0 radical (unpaired) electrons. The summed E-state index contributed by atoms with van der Waals surface area (Å²) in [5.74, 6) is 0.564. The number of nitrogens with zero attached hydrogens (tertiary/aromatic N) is 1. The van der Waals surface area contributed by atoms with E-state index < -0.39 is 0 Å². The van der Waals surface area contributed by atoms with Gasteiger partial charge in [-0.15, -0.1) is 0 Å². The van der Waals surface area contributed by atoms with Crippen molar-refractivity contribution in [2.75, 3.05) is 32.9 Å². The molecule has 1 rings (SSSR count). The second-order valence-electron chi connectivity index (χ2n) is 3.51. The molecule has 1 unspecified atom stereocenters. The molecule has 12 heavy (non-hydrogen) atoms. The summed E-state index contributed by atoms with van der Waals surface area (Å²) in [4.78, 5) is 2.32. The Morgan fingerprint density at radius 2 is 2.33 bits per heavy atom. The van der Waals surface area contributed by atoms with E-state index in [9.17, 15) is 4.39 Å². The molecule has 0 bridgehead atoms. The number of aliphatic hydroxyl groups excluding tert-OH is 1. The number of hydrogen-bond acceptors (Lipinski definition) is 2. The molecule has 0 aliphatic carbocycles. The molecule has 1 aliphatic rings. The van der Waals surface area contributed by atoms with E-state index in [0.717, 1.165) is 38.9 Å². The molecule has 0 aromatic carbocycles. The standard InChI is InChI=1S/C9H18FNO/c10-4-2-9-3-6-11(8-9)5-1-7-12/h9,12H,1-8H2. The summed E-state index contributed by atoms with van der Waals surface area (Å²) in [6.07, 6.45) is 2.70. The van der Waals surface area contributed by atoms with E-state index >= 15 is 0 Å². The summed E-state index contributed by atoms with van der Waals surface area (Å²) in [5, 5.41) is 8.61. The van der Waals surface area contributed by atoms with E-state index in [1.165, 1.54) is 0 Å². The van der Waals surface area contributed by atoms with Crippen LogP contribution in [-0.2, 0) is 0 Å². The Hall–Kier alpha value is -0.150. The third-order valence-corrected chi connectivity index (χ3v) is 2.52. The molecule has 1 heterocycles. The highest BCUT2D eigenvalue weighted by Crippen LogP contribution is 2.19. The summed E-state index contributed by atoms with van der Waals surface area (Å²) in [6, 6.07) is 0. The van der Waals surface area contributed by atoms with E-state index in [4.69, 9.17) is 5.11 Å². The zero-order valence-corrected chi connectivity index (χ0v) is 7.51. The van der Waals surface area contributed by atoms with Crippen LogP contribution in [0.2, 0.25) is 0 Å². The Kier molecular flexibility index (Phi) is 4.54. The van der Waals surface area contributed by atoms with Crippen molar-refractivity contribution in [2.45, 2.75) is 19.3 Å². The lowest BCUT2D eigenvalue weighted by molar-refractivity contribution is 0.242. The number of likely N-dealkylation sites (tertiary alicyclic amines) is 1. The molecule has 2 nitrogen and oxygen atoms in total. The van der Waals surface area contributed by atoms with Gasteiger partial charge in [-0.1, -0.05) is 0 Å². The van der Waals surface area contributed by atoms with Crippen molar-refractivity contribution in [1.29, 1.82) is 0 Å². The van der Waals surface area contributed by atoms with Gasteiger partial charge in [0, 0.05) is 19.7 Å². The maximum absolute atomic E-state index is 12.0. The Morgan fingerprint density at radius 1 is 1.50 bits per heavy atom. The van der Waals surface area contributed by atoms with Gasteiger partial charge in [0.25, 0.3) is 0 Å². The van der Waals surface area contributed by atoms with Gasteiger partial charge in [0.1, 0.15) is 0 Å². The highest BCUT2D eigenvalue weighted by molar-refractivity contribution is 4.74. The normalized spacial score (nSPS) is 25.0. The van der Waals surface area contributed by atoms with Gasteiger partial charge in [0.15, 0.2) is 0 Å². The molecule has 0 spiro atoms. The highest BCUT2D eigenvalue weighted by atomic mass is 19.1. The van der Waals surface area contributed by atoms with Crippen LogP contribution < -0.4 is 0 Å². The summed E-state index contributed by atoms with van der Waals surface area (Å²) in [5.41, 5.74) is 0. The van der Waals surface area contributed by atoms with Crippen molar-refractivity contribution in [3.8, 4) is 0 Å². The van der Waals surface area contributed by atoms with E-state index in [0.29, 0.717) is 5.92 Å².